The fourth-order valence-corrected chi connectivity index (χ4v) is 1.62. The highest BCUT2D eigenvalue weighted by atomic mass is 16.5. The highest BCUT2D eigenvalue weighted by Crippen LogP contribution is 2.15. The quantitative estimate of drug-likeness (QED) is 0.698. The number of aryl methyl sites for hydroxylation is 1. The number of nitrogens with zero attached hydrogens (tertiary/aromatic N) is 1. The Morgan fingerprint density at radius 3 is 2.76 bits per heavy atom. The molecule has 0 aliphatic carbocycles. The Bertz CT molecular complexity index is 339. The molecule has 0 heterocycles. The average Bonchev–Trinajstić information content (AvgIpc) is 2.32. The minimum absolute atomic E-state index is 0.165. The van der Waals surface area contributed by atoms with Gasteiger partial charge in [0.1, 0.15) is 12.4 Å². The summed E-state index contributed by atoms with van der Waals surface area (Å²) in [5, 5.41) is 8.91. The third-order valence-corrected chi connectivity index (χ3v) is 2.56. The monoisotopic (exact) mass is 235 g/mol. The van der Waals surface area contributed by atoms with E-state index in [0.29, 0.717) is 13.2 Å². The predicted molar refractivity (Wildman–Crippen MR) is 70.4 cm³/mol. The lowest BCUT2D eigenvalue weighted by Crippen LogP contribution is -2.31. The first-order valence-electron chi connectivity index (χ1n) is 5.90. The van der Waals surface area contributed by atoms with Gasteiger partial charge < -0.3 is 9.84 Å². The summed E-state index contributed by atoms with van der Waals surface area (Å²) in [5.41, 5.74) is 1.14. The van der Waals surface area contributed by atoms with E-state index in [0.717, 1.165) is 24.4 Å². The van der Waals surface area contributed by atoms with Gasteiger partial charge in [-0.05, 0) is 18.6 Å². The number of rotatable bonds is 8. The maximum atomic E-state index is 8.91. The van der Waals surface area contributed by atoms with Crippen molar-refractivity contribution in [1.82, 2.24) is 4.90 Å². The fourth-order valence-electron chi connectivity index (χ4n) is 1.62. The highest BCUT2D eigenvalue weighted by Gasteiger charge is 2.03. The van der Waals surface area contributed by atoms with E-state index in [1.165, 1.54) is 0 Å². The van der Waals surface area contributed by atoms with Crippen LogP contribution in [0.3, 0.4) is 0 Å². The summed E-state index contributed by atoms with van der Waals surface area (Å²) in [6.07, 6.45) is 1.84. The van der Waals surface area contributed by atoms with E-state index in [1.54, 1.807) is 0 Å². The van der Waals surface area contributed by atoms with Crippen LogP contribution in [0.4, 0.5) is 0 Å². The molecule has 0 aliphatic rings. The molecule has 0 atom stereocenters. The Morgan fingerprint density at radius 2 is 2.12 bits per heavy atom. The highest BCUT2D eigenvalue weighted by molar-refractivity contribution is 5.31. The molecule has 0 amide bonds. The lowest BCUT2D eigenvalue weighted by atomic mass is 10.2. The van der Waals surface area contributed by atoms with Crippen molar-refractivity contribution in [2.75, 3.05) is 32.8 Å². The molecule has 0 radical (unpaired) electrons. The van der Waals surface area contributed by atoms with Crippen LogP contribution >= 0.6 is 0 Å². The first kappa shape index (κ1) is 13.7. The molecule has 1 aromatic rings. The Balaban J connectivity index is 2.35. The van der Waals surface area contributed by atoms with Crippen molar-refractivity contribution >= 4 is 0 Å². The number of aliphatic hydroxyl groups is 1. The van der Waals surface area contributed by atoms with E-state index in [-0.39, 0.29) is 6.61 Å². The second-order valence-corrected chi connectivity index (χ2v) is 3.93. The lowest BCUT2D eigenvalue weighted by molar-refractivity contribution is 0.179. The van der Waals surface area contributed by atoms with Crippen LogP contribution in [0.1, 0.15) is 5.56 Å². The Labute approximate surface area is 103 Å². The molecule has 0 fully saturated rings. The lowest BCUT2D eigenvalue weighted by Gasteiger charge is -2.19. The zero-order valence-corrected chi connectivity index (χ0v) is 10.4. The third kappa shape index (κ3) is 5.02. The maximum absolute atomic E-state index is 8.91. The van der Waals surface area contributed by atoms with Crippen molar-refractivity contribution in [1.29, 1.82) is 0 Å². The fraction of sp³-hybridized carbons (Fsp3) is 0.429. The van der Waals surface area contributed by atoms with Gasteiger partial charge >= 0.3 is 0 Å². The van der Waals surface area contributed by atoms with Gasteiger partial charge in [-0.25, -0.2) is 0 Å². The summed E-state index contributed by atoms with van der Waals surface area (Å²) in [5.74, 6) is 0.926. The Hall–Kier alpha value is -1.32. The summed E-state index contributed by atoms with van der Waals surface area (Å²) in [7, 11) is 0. The third-order valence-electron chi connectivity index (χ3n) is 2.56. The maximum Gasteiger partial charge on any atom is 0.122 e. The minimum Gasteiger partial charge on any atom is -0.492 e. The molecule has 0 saturated heterocycles. The van der Waals surface area contributed by atoms with Crippen molar-refractivity contribution in [3.8, 4) is 5.75 Å². The van der Waals surface area contributed by atoms with Crippen LogP contribution in [0, 0.1) is 6.92 Å². The molecule has 3 nitrogen and oxygen atoms in total. The Kier molecular flexibility index (Phi) is 6.37. The molecule has 0 bridgehead atoms. The predicted octanol–water partition coefficient (Wildman–Crippen LogP) is 1.85. The molecule has 0 spiro atoms. The van der Waals surface area contributed by atoms with Crippen molar-refractivity contribution in [2.45, 2.75) is 6.92 Å². The number of hydrogen-bond acceptors (Lipinski definition) is 3. The summed E-state index contributed by atoms with van der Waals surface area (Å²) < 4.78 is 5.70. The molecule has 94 valence electrons. The van der Waals surface area contributed by atoms with Crippen molar-refractivity contribution in [3.63, 3.8) is 0 Å². The molecular formula is C14H21NO2. The van der Waals surface area contributed by atoms with Crippen molar-refractivity contribution in [2.24, 2.45) is 0 Å². The van der Waals surface area contributed by atoms with E-state index in [2.05, 4.69) is 11.5 Å². The smallest absolute Gasteiger partial charge is 0.122 e. The van der Waals surface area contributed by atoms with Crippen LogP contribution in [0.25, 0.3) is 0 Å². The molecule has 1 N–H and O–H groups in total. The number of ether oxygens (including phenoxy) is 1. The molecule has 1 rings (SSSR count). The van der Waals surface area contributed by atoms with Crippen molar-refractivity contribution < 1.29 is 9.84 Å². The van der Waals surface area contributed by atoms with Gasteiger partial charge in [0.15, 0.2) is 0 Å². The van der Waals surface area contributed by atoms with Gasteiger partial charge in [-0.3, -0.25) is 4.90 Å². The van der Waals surface area contributed by atoms with Gasteiger partial charge in [0.25, 0.3) is 0 Å². The SMILES string of the molecule is C=CCN(CCO)CCOc1ccccc1C. The van der Waals surface area contributed by atoms with E-state index in [9.17, 15) is 0 Å². The van der Waals surface area contributed by atoms with E-state index < -0.39 is 0 Å². The Morgan fingerprint density at radius 1 is 1.35 bits per heavy atom. The van der Waals surface area contributed by atoms with Gasteiger partial charge in [0, 0.05) is 19.6 Å². The zero-order chi connectivity index (χ0) is 12.5. The van der Waals surface area contributed by atoms with Crippen LogP contribution in [-0.4, -0.2) is 42.9 Å². The van der Waals surface area contributed by atoms with Crippen LogP contribution in [0.15, 0.2) is 36.9 Å². The van der Waals surface area contributed by atoms with Gasteiger partial charge in [0.05, 0.1) is 6.61 Å². The second-order valence-electron chi connectivity index (χ2n) is 3.93. The average molecular weight is 235 g/mol. The van der Waals surface area contributed by atoms with Crippen LogP contribution < -0.4 is 4.74 Å². The van der Waals surface area contributed by atoms with Gasteiger partial charge in [0.2, 0.25) is 0 Å². The minimum atomic E-state index is 0.165. The molecule has 1 aromatic carbocycles. The molecule has 0 saturated carbocycles. The standard InChI is InChI=1S/C14H21NO2/c1-3-8-15(9-11-16)10-12-17-14-7-5-4-6-13(14)2/h3-7,16H,1,8-12H2,2H3. The van der Waals surface area contributed by atoms with E-state index in [1.807, 2.05) is 37.3 Å². The number of para-hydroxylation sites is 1. The summed E-state index contributed by atoms with van der Waals surface area (Å²) >= 11 is 0. The van der Waals surface area contributed by atoms with Gasteiger partial charge in [-0.15, -0.1) is 6.58 Å². The topological polar surface area (TPSA) is 32.7 Å². The largest absolute Gasteiger partial charge is 0.492 e. The molecule has 3 heteroatoms. The van der Waals surface area contributed by atoms with Crippen molar-refractivity contribution in [3.05, 3.63) is 42.5 Å². The first-order chi connectivity index (χ1) is 8.27. The molecule has 0 unspecified atom stereocenters. The summed E-state index contributed by atoms with van der Waals surface area (Å²) in [6.45, 7) is 8.74. The van der Waals surface area contributed by atoms with Gasteiger partial charge in [-0.1, -0.05) is 24.3 Å². The second kappa shape index (κ2) is 7.87. The number of aliphatic hydroxyl groups excluding tert-OH is 1. The molecule has 0 aliphatic heterocycles. The molecule has 0 aromatic heterocycles. The summed E-state index contributed by atoms with van der Waals surface area (Å²) in [6, 6.07) is 7.97. The van der Waals surface area contributed by atoms with Gasteiger partial charge in [-0.2, -0.15) is 0 Å². The van der Waals surface area contributed by atoms with E-state index in [4.69, 9.17) is 9.84 Å². The van der Waals surface area contributed by atoms with Crippen LogP contribution in [0.5, 0.6) is 5.75 Å². The zero-order valence-electron chi connectivity index (χ0n) is 10.4. The summed E-state index contributed by atoms with van der Waals surface area (Å²) in [4.78, 5) is 2.10. The van der Waals surface area contributed by atoms with Crippen LogP contribution in [0.2, 0.25) is 0 Å². The normalized spacial score (nSPS) is 10.5. The number of benzene rings is 1. The molecule has 17 heavy (non-hydrogen) atoms. The number of hydrogen-bond donors (Lipinski definition) is 1. The van der Waals surface area contributed by atoms with E-state index >= 15 is 0 Å². The van der Waals surface area contributed by atoms with Crippen LogP contribution in [-0.2, 0) is 0 Å². The first-order valence-corrected chi connectivity index (χ1v) is 5.90. The molecular weight excluding hydrogens is 214 g/mol.